The molecule has 0 spiro atoms. The fourth-order valence-corrected chi connectivity index (χ4v) is 2.19. The summed E-state index contributed by atoms with van der Waals surface area (Å²) in [6, 6.07) is 4.38. The third-order valence-corrected chi connectivity index (χ3v) is 3.32. The van der Waals surface area contributed by atoms with Crippen LogP contribution < -0.4 is 14.8 Å². The standard InChI is InChI=1S/C11H14BrNO2.ClH/c1-14-10-6-8(12)11(15-2)5-7(10)9-3-4-13-9;/h5-6,9,13H,3-4H2,1-2H3;1H/t9-;/m1./s1. The van der Waals surface area contributed by atoms with Gasteiger partial charge in [0.2, 0.25) is 0 Å². The van der Waals surface area contributed by atoms with Gasteiger partial charge in [0.1, 0.15) is 11.5 Å². The summed E-state index contributed by atoms with van der Waals surface area (Å²) in [7, 11) is 3.36. The second-order valence-corrected chi connectivity index (χ2v) is 4.38. The normalized spacial score (nSPS) is 18.3. The lowest BCUT2D eigenvalue weighted by Crippen LogP contribution is -2.35. The van der Waals surface area contributed by atoms with Crippen molar-refractivity contribution in [3.05, 3.63) is 22.2 Å². The van der Waals surface area contributed by atoms with Gasteiger partial charge in [-0.2, -0.15) is 0 Å². The molecule has 1 aliphatic rings. The maximum atomic E-state index is 5.36. The molecule has 1 heterocycles. The molecular weight excluding hydrogens is 293 g/mol. The summed E-state index contributed by atoms with van der Waals surface area (Å²) in [6.45, 7) is 1.08. The van der Waals surface area contributed by atoms with Gasteiger partial charge >= 0.3 is 0 Å². The summed E-state index contributed by atoms with van der Waals surface area (Å²) in [5.41, 5.74) is 1.17. The van der Waals surface area contributed by atoms with Crippen molar-refractivity contribution in [3.63, 3.8) is 0 Å². The predicted molar refractivity (Wildman–Crippen MR) is 69.9 cm³/mol. The molecule has 0 radical (unpaired) electrons. The van der Waals surface area contributed by atoms with Crippen molar-refractivity contribution in [2.24, 2.45) is 0 Å². The second kappa shape index (κ2) is 5.75. The number of hydrogen-bond donors (Lipinski definition) is 1. The minimum atomic E-state index is 0. The van der Waals surface area contributed by atoms with E-state index in [0.29, 0.717) is 6.04 Å². The summed E-state index contributed by atoms with van der Waals surface area (Å²) in [5.74, 6) is 1.75. The minimum absolute atomic E-state index is 0. The highest BCUT2D eigenvalue weighted by molar-refractivity contribution is 9.10. The van der Waals surface area contributed by atoms with Gasteiger partial charge in [0, 0.05) is 11.6 Å². The van der Waals surface area contributed by atoms with Gasteiger partial charge in [-0.25, -0.2) is 0 Å². The maximum Gasteiger partial charge on any atom is 0.133 e. The van der Waals surface area contributed by atoms with Crippen LogP contribution in [0.3, 0.4) is 0 Å². The van der Waals surface area contributed by atoms with E-state index in [0.717, 1.165) is 28.9 Å². The van der Waals surface area contributed by atoms with E-state index in [2.05, 4.69) is 21.2 Å². The van der Waals surface area contributed by atoms with E-state index < -0.39 is 0 Å². The molecule has 1 aliphatic heterocycles. The minimum Gasteiger partial charge on any atom is -0.496 e. The second-order valence-electron chi connectivity index (χ2n) is 3.52. The molecule has 1 aromatic rings. The third-order valence-electron chi connectivity index (χ3n) is 2.70. The predicted octanol–water partition coefficient (Wildman–Crippen LogP) is 2.92. The smallest absolute Gasteiger partial charge is 0.133 e. The van der Waals surface area contributed by atoms with Crippen LogP contribution in [-0.4, -0.2) is 20.8 Å². The van der Waals surface area contributed by atoms with Gasteiger partial charge in [0.15, 0.2) is 0 Å². The quantitative estimate of drug-likeness (QED) is 0.931. The Morgan fingerprint density at radius 3 is 2.31 bits per heavy atom. The van der Waals surface area contributed by atoms with Gasteiger partial charge in [-0.05, 0) is 41.0 Å². The van der Waals surface area contributed by atoms with Crippen LogP contribution in [0.2, 0.25) is 0 Å². The van der Waals surface area contributed by atoms with Crippen molar-refractivity contribution in [2.45, 2.75) is 12.5 Å². The van der Waals surface area contributed by atoms with E-state index in [-0.39, 0.29) is 12.4 Å². The summed E-state index contributed by atoms with van der Waals surface area (Å²) >= 11 is 3.45. The highest BCUT2D eigenvalue weighted by Crippen LogP contribution is 2.38. The van der Waals surface area contributed by atoms with Crippen LogP contribution in [-0.2, 0) is 0 Å². The molecule has 0 unspecified atom stereocenters. The van der Waals surface area contributed by atoms with Crippen LogP contribution in [0.5, 0.6) is 11.5 Å². The molecule has 0 amide bonds. The summed E-state index contributed by atoms with van der Waals surface area (Å²) in [5, 5.41) is 3.36. The zero-order chi connectivity index (χ0) is 10.8. The molecule has 5 heteroatoms. The zero-order valence-electron chi connectivity index (χ0n) is 9.25. The Labute approximate surface area is 110 Å². The van der Waals surface area contributed by atoms with Crippen molar-refractivity contribution in [3.8, 4) is 11.5 Å². The van der Waals surface area contributed by atoms with Crippen molar-refractivity contribution in [1.29, 1.82) is 0 Å². The SMILES string of the molecule is COc1cc([C@H]2CCN2)c(OC)cc1Br.Cl. The van der Waals surface area contributed by atoms with E-state index in [1.807, 2.05) is 12.1 Å². The Kier molecular flexibility index (Phi) is 4.89. The molecule has 1 atom stereocenters. The van der Waals surface area contributed by atoms with Crippen LogP contribution in [0.4, 0.5) is 0 Å². The molecule has 0 aliphatic carbocycles. The molecule has 16 heavy (non-hydrogen) atoms. The fraction of sp³-hybridized carbons (Fsp3) is 0.455. The van der Waals surface area contributed by atoms with E-state index in [1.165, 1.54) is 5.56 Å². The van der Waals surface area contributed by atoms with E-state index in [9.17, 15) is 0 Å². The number of hydrogen-bond acceptors (Lipinski definition) is 3. The number of methoxy groups -OCH3 is 2. The monoisotopic (exact) mass is 307 g/mol. The number of nitrogens with one attached hydrogen (secondary N) is 1. The lowest BCUT2D eigenvalue weighted by molar-refractivity contribution is 0.348. The highest BCUT2D eigenvalue weighted by atomic mass is 79.9. The lowest BCUT2D eigenvalue weighted by Gasteiger charge is -2.29. The Morgan fingerprint density at radius 2 is 1.88 bits per heavy atom. The van der Waals surface area contributed by atoms with Crippen LogP contribution in [0.1, 0.15) is 18.0 Å². The Balaban J connectivity index is 0.00000128. The van der Waals surface area contributed by atoms with Crippen molar-refractivity contribution in [2.75, 3.05) is 20.8 Å². The van der Waals surface area contributed by atoms with Crippen LogP contribution >= 0.6 is 28.3 Å². The zero-order valence-corrected chi connectivity index (χ0v) is 11.7. The molecule has 1 aromatic carbocycles. The Morgan fingerprint density at radius 1 is 1.25 bits per heavy atom. The number of benzene rings is 1. The number of halogens is 2. The van der Waals surface area contributed by atoms with E-state index in [1.54, 1.807) is 14.2 Å². The Hall–Kier alpha value is -0.450. The topological polar surface area (TPSA) is 30.5 Å². The van der Waals surface area contributed by atoms with Crippen molar-refractivity contribution < 1.29 is 9.47 Å². The van der Waals surface area contributed by atoms with E-state index in [4.69, 9.17) is 9.47 Å². The van der Waals surface area contributed by atoms with Gasteiger partial charge in [-0.3, -0.25) is 0 Å². The van der Waals surface area contributed by atoms with E-state index >= 15 is 0 Å². The molecule has 2 rings (SSSR count). The molecule has 90 valence electrons. The van der Waals surface area contributed by atoms with Crippen LogP contribution in [0.25, 0.3) is 0 Å². The molecule has 0 saturated carbocycles. The van der Waals surface area contributed by atoms with Gasteiger partial charge < -0.3 is 14.8 Å². The average Bonchev–Trinajstić information content (AvgIpc) is 2.17. The molecule has 1 fully saturated rings. The Bertz CT molecular complexity index is 369. The molecule has 1 saturated heterocycles. The van der Waals surface area contributed by atoms with Gasteiger partial charge in [0.05, 0.1) is 18.7 Å². The largest absolute Gasteiger partial charge is 0.496 e. The van der Waals surface area contributed by atoms with Gasteiger partial charge in [0.25, 0.3) is 0 Å². The summed E-state index contributed by atoms with van der Waals surface area (Å²) in [4.78, 5) is 0. The molecule has 0 bridgehead atoms. The number of ether oxygens (including phenoxy) is 2. The van der Waals surface area contributed by atoms with Crippen molar-refractivity contribution in [1.82, 2.24) is 5.32 Å². The molecular formula is C11H15BrClNO2. The first-order valence-electron chi connectivity index (χ1n) is 4.91. The highest BCUT2D eigenvalue weighted by Gasteiger charge is 2.23. The maximum absolute atomic E-state index is 5.36. The first-order valence-corrected chi connectivity index (χ1v) is 5.70. The molecule has 1 N–H and O–H groups in total. The first-order chi connectivity index (χ1) is 7.26. The average molecular weight is 309 g/mol. The number of rotatable bonds is 3. The van der Waals surface area contributed by atoms with Gasteiger partial charge in [-0.1, -0.05) is 0 Å². The first kappa shape index (κ1) is 13.6. The fourth-order valence-electron chi connectivity index (χ4n) is 1.71. The van der Waals surface area contributed by atoms with Crippen LogP contribution in [0, 0.1) is 0 Å². The molecule has 0 aromatic heterocycles. The molecule has 3 nitrogen and oxygen atoms in total. The summed E-state index contributed by atoms with van der Waals surface area (Å²) < 4.78 is 11.6. The van der Waals surface area contributed by atoms with Crippen LogP contribution in [0.15, 0.2) is 16.6 Å². The summed E-state index contributed by atoms with van der Waals surface area (Å²) in [6.07, 6.45) is 1.15. The van der Waals surface area contributed by atoms with Crippen molar-refractivity contribution >= 4 is 28.3 Å². The lowest BCUT2D eigenvalue weighted by atomic mass is 9.97. The van der Waals surface area contributed by atoms with Gasteiger partial charge in [-0.15, -0.1) is 12.4 Å². The third kappa shape index (κ3) is 2.44.